The van der Waals surface area contributed by atoms with Gasteiger partial charge in [-0.25, -0.2) is 0 Å². The predicted molar refractivity (Wildman–Crippen MR) is 339 cm³/mol. The topological polar surface area (TPSA) is 9.72 Å². The van der Waals surface area contributed by atoms with Crippen LogP contribution in [-0.4, -0.2) is 0 Å². The third-order valence-corrected chi connectivity index (χ3v) is 16.9. The first kappa shape index (κ1) is 43.7. The van der Waals surface area contributed by atoms with Crippen LogP contribution in [0.25, 0.3) is 108 Å². The minimum atomic E-state index is 1.02. The van der Waals surface area contributed by atoms with Gasteiger partial charge in [-0.1, -0.05) is 212 Å². The molecule has 0 aliphatic heterocycles. The summed E-state index contributed by atoms with van der Waals surface area (Å²) in [5.74, 6) is 0. The number of para-hydroxylation sites is 2. The second-order valence-electron chi connectivity index (χ2n) is 21.2. The number of hydrogen-bond acceptors (Lipinski definition) is 3. The van der Waals surface area contributed by atoms with Gasteiger partial charge in [-0.2, -0.15) is 0 Å². The second kappa shape index (κ2) is 17.0. The Morgan fingerprint density at radius 1 is 0.152 bits per heavy atom. The van der Waals surface area contributed by atoms with Crippen LogP contribution in [0, 0.1) is 0 Å². The Morgan fingerprint density at radius 2 is 0.430 bits per heavy atom. The Bertz CT molecular complexity index is 4960. The van der Waals surface area contributed by atoms with Crippen LogP contribution in [0.1, 0.15) is 0 Å². The van der Waals surface area contributed by atoms with E-state index in [4.69, 9.17) is 0 Å². The zero-order chi connectivity index (χ0) is 51.7. The van der Waals surface area contributed by atoms with Gasteiger partial charge in [0.15, 0.2) is 0 Å². The van der Waals surface area contributed by atoms with Crippen molar-refractivity contribution in [3.8, 4) is 0 Å². The molecule has 0 unspecified atom stereocenters. The van der Waals surface area contributed by atoms with Crippen LogP contribution >= 0.6 is 0 Å². The van der Waals surface area contributed by atoms with Crippen molar-refractivity contribution in [2.24, 2.45) is 0 Å². The molecule has 17 aromatic carbocycles. The Labute approximate surface area is 456 Å². The molecule has 0 saturated heterocycles. The average Bonchev–Trinajstić information content (AvgIpc) is 3.70. The van der Waals surface area contributed by atoms with E-state index in [-0.39, 0.29) is 0 Å². The molecule has 79 heavy (non-hydrogen) atoms. The molecule has 0 aromatic heterocycles. The molecule has 0 heterocycles. The van der Waals surface area contributed by atoms with Crippen molar-refractivity contribution in [1.82, 2.24) is 0 Å². The highest BCUT2D eigenvalue weighted by Gasteiger charge is 2.27. The number of fused-ring (bicyclic) bond motifs is 1. The maximum Gasteiger partial charge on any atom is 0.0540 e. The molecule has 0 N–H and O–H groups in total. The molecule has 0 atom stereocenters. The first-order chi connectivity index (χ1) is 39.2. The number of hydrogen-bond donors (Lipinski definition) is 0. The van der Waals surface area contributed by atoms with Gasteiger partial charge in [0.2, 0.25) is 0 Å². The van der Waals surface area contributed by atoms with Gasteiger partial charge in [-0.05, 0) is 164 Å². The van der Waals surface area contributed by atoms with Crippen molar-refractivity contribution >= 4 is 159 Å². The molecule has 0 fully saturated rings. The lowest BCUT2D eigenvalue weighted by molar-refractivity contribution is 1.24. The van der Waals surface area contributed by atoms with Crippen molar-refractivity contribution in [2.75, 3.05) is 14.7 Å². The smallest absolute Gasteiger partial charge is 0.0540 e. The second-order valence-corrected chi connectivity index (χ2v) is 21.2. The van der Waals surface area contributed by atoms with Crippen LogP contribution in [0.15, 0.2) is 285 Å². The minimum Gasteiger partial charge on any atom is -0.310 e. The highest BCUT2D eigenvalue weighted by molar-refractivity contribution is 6.28. The van der Waals surface area contributed by atoms with Crippen LogP contribution in [0.3, 0.4) is 0 Å². The van der Waals surface area contributed by atoms with Crippen LogP contribution in [0.5, 0.6) is 0 Å². The standard InChI is InChI=1S/C76H47N3/c1-3-20-59(21-4-1)77(68-41-34-55-27-24-49-14-9-17-52-31-38-65(68)74(55)71(49)52)62-45-63(78(60-22-5-2-6-23-60)69-42-35-56-28-25-50-15-10-18-53-32-39-66(69)75(56)72(50)53)47-64(46-62)79(61-37-30-48-12-7-8-13-58(48)44-61)70-43-36-57-29-26-51-16-11-19-54-33-40-67(70)76(57)73(51)54/h1-47H. The summed E-state index contributed by atoms with van der Waals surface area (Å²) in [6, 6.07) is 106. The lowest BCUT2D eigenvalue weighted by atomic mass is 9.92. The van der Waals surface area contributed by atoms with Crippen molar-refractivity contribution in [1.29, 1.82) is 0 Å². The van der Waals surface area contributed by atoms with Crippen LogP contribution < -0.4 is 14.7 Å². The first-order valence-corrected chi connectivity index (χ1v) is 27.3. The summed E-state index contributed by atoms with van der Waals surface area (Å²) in [5.41, 5.74) is 9.58. The van der Waals surface area contributed by atoms with Gasteiger partial charge in [0.05, 0.1) is 34.1 Å². The molecule has 0 radical (unpaired) electrons. The highest BCUT2D eigenvalue weighted by Crippen LogP contribution is 2.52. The van der Waals surface area contributed by atoms with Gasteiger partial charge in [0.1, 0.15) is 0 Å². The SMILES string of the molecule is c1ccc(N(c2cc(N(c3ccccc3)c3ccc4ccc5cccc6ccc3c4c56)cc(N(c3ccc4ccccc4c3)c3ccc4ccc5cccc6ccc3c4c56)c2)c2ccc3ccc4cccc5ccc2c3c45)cc1. The Morgan fingerprint density at radius 3 is 0.810 bits per heavy atom. The largest absolute Gasteiger partial charge is 0.310 e. The summed E-state index contributed by atoms with van der Waals surface area (Å²) in [5, 5.41) is 24.8. The molecule has 0 spiro atoms. The molecule has 17 aromatic rings. The van der Waals surface area contributed by atoms with Gasteiger partial charge < -0.3 is 14.7 Å². The molecule has 0 amide bonds. The highest BCUT2D eigenvalue weighted by atomic mass is 15.2. The number of benzene rings is 17. The van der Waals surface area contributed by atoms with Crippen molar-refractivity contribution in [3.05, 3.63) is 285 Å². The first-order valence-electron chi connectivity index (χ1n) is 27.3. The average molecular weight is 1000 g/mol. The molecular formula is C76H47N3. The van der Waals surface area contributed by atoms with E-state index in [1.807, 2.05) is 0 Å². The van der Waals surface area contributed by atoms with Crippen molar-refractivity contribution in [2.45, 2.75) is 0 Å². The minimum absolute atomic E-state index is 1.02. The van der Waals surface area contributed by atoms with E-state index in [9.17, 15) is 0 Å². The van der Waals surface area contributed by atoms with Gasteiger partial charge >= 0.3 is 0 Å². The predicted octanol–water partition coefficient (Wildman–Crippen LogP) is 21.9. The summed E-state index contributed by atoms with van der Waals surface area (Å²) >= 11 is 0. The number of rotatable bonds is 9. The van der Waals surface area contributed by atoms with E-state index in [1.165, 1.54) is 108 Å². The molecule has 0 aliphatic carbocycles. The van der Waals surface area contributed by atoms with E-state index >= 15 is 0 Å². The van der Waals surface area contributed by atoms with E-state index in [0.717, 1.165) is 51.2 Å². The summed E-state index contributed by atoms with van der Waals surface area (Å²) in [7, 11) is 0. The zero-order valence-electron chi connectivity index (χ0n) is 43.0. The summed E-state index contributed by atoms with van der Waals surface area (Å²) < 4.78 is 0. The van der Waals surface area contributed by atoms with Crippen LogP contribution in [0.2, 0.25) is 0 Å². The zero-order valence-corrected chi connectivity index (χ0v) is 43.0. The Hall–Kier alpha value is -10.5. The van der Waals surface area contributed by atoms with Crippen LogP contribution in [-0.2, 0) is 0 Å². The fourth-order valence-electron chi connectivity index (χ4n) is 13.5. The maximum atomic E-state index is 2.52. The number of anilines is 9. The normalized spacial score (nSPS) is 12.1. The Kier molecular flexibility index (Phi) is 9.42. The molecule has 0 aliphatic rings. The lowest BCUT2D eigenvalue weighted by Crippen LogP contribution is -2.17. The van der Waals surface area contributed by atoms with Gasteiger partial charge in [0, 0.05) is 33.2 Å². The van der Waals surface area contributed by atoms with E-state index < -0.39 is 0 Å². The third-order valence-electron chi connectivity index (χ3n) is 16.9. The van der Waals surface area contributed by atoms with Gasteiger partial charge in [0.25, 0.3) is 0 Å². The van der Waals surface area contributed by atoms with Crippen molar-refractivity contribution in [3.63, 3.8) is 0 Å². The maximum absolute atomic E-state index is 2.52. The fourth-order valence-corrected chi connectivity index (χ4v) is 13.5. The molecule has 0 bridgehead atoms. The van der Waals surface area contributed by atoms with E-state index in [2.05, 4.69) is 300 Å². The monoisotopic (exact) mass is 1000 g/mol. The molecule has 0 saturated carbocycles. The molecule has 17 rings (SSSR count). The third kappa shape index (κ3) is 6.67. The summed E-state index contributed by atoms with van der Waals surface area (Å²) in [6.45, 7) is 0. The Balaban J connectivity index is 1.01. The summed E-state index contributed by atoms with van der Waals surface area (Å²) in [6.07, 6.45) is 0. The molecule has 3 heteroatoms. The quantitative estimate of drug-likeness (QED) is 0.133. The van der Waals surface area contributed by atoms with E-state index in [0.29, 0.717) is 0 Å². The van der Waals surface area contributed by atoms with Gasteiger partial charge in [-0.15, -0.1) is 0 Å². The van der Waals surface area contributed by atoms with E-state index in [1.54, 1.807) is 0 Å². The fraction of sp³-hybridized carbons (Fsp3) is 0. The number of nitrogens with zero attached hydrogens (tertiary/aromatic N) is 3. The molecule has 366 valence electrons. The van der Waals surface area contributed by atoms with Crippen LogP contribution in [0.4, 0.5) is 51.2 Å². The van der Waals surface area contributed by atoms with Gasteiger partial charge in [-0.3, -0.25) is 0 Å². The van der Waals surface area contributed by atoms with Crippen molar-refractivity contribution < 1.29 is 0 Å². The molecular weight excluding hydrogens is 955 g/mol. The lowest BCUT2D eigenvalue weighted by Gasteiger charge is -2.34. The molecule has 3 nitrogen and oxygen atoms in total. The summed E-state index contributed by atoms with van der Waals surface area (Å²) in [4.78, 5) is 7.51.